The number of nitrogens with two attached hydrogens (primary N) is 1. The van der Waals surface area contributed by atoms with Gasteiger partial charge in [0.2, 0.25) is 0 Å². The Bertz CT molecular complexity index is 606. The number of aryl methyl sites for hydroxylation is 1. The lowest BCUT2D eigenvalue weighted by molar-refractivity contribution is 0.252. The van der Waals surface area contributed by atoms with Gasteiger partial charge in [-0.2, -0.15) is 5.10 Å². The van der Waals surface area contributed by atoms with Crippen molar-refractivity contribution in [2.24, 2.45) is 12.8 Å². The van der Waals surface area contributed by atoms with Crippen LogP contribution in [0.3, 0.4) is 0 Å². The summed E-state index contributed by atoms with van der Waals surface area (Å²) in [6, 6.07) is 7.26. The zero-order chi connectivity index (χ0) is 15.2. The predicted molar refractivity (Wildman–Crippen MR) is 83.0 cm³/mol. The van der Waals surface area contributed by atoms with Crippen molar-refractivity contribution in [2.75, 3.05) is 11.9 Å². The molecule has 112 valence electrons. The SMILES string of the molecule is CC(N)c1cccc(NC(=O)NCCc2cnn(C)c2)c1. The lowest BCUT2D eigenvalue weighted by atomic mass is 10.1. The molecule has 0 fully saturated rings. The fourth-order valence-electron chi connectivity index (χ4n) is 2.00. The molecule has 2 rings (SSSR count). The van der Waals surface area contributed by atoms with Crippen molar-refractivity contribution >= 4 is 11.7 Å². The molecule has 1 aromatic carbocycles. The second-order valence-corrected chi connectivity index (χ2v) is 5.07. The molecular weight excluding hydrogens is 266 g/mol. The number of amides is 2. The monoisotopic (exact) mass is 287 g/mol. The maximum absolute atomic E-state index is 11.8. The Balaban J connectivity index is 1.80. The van der Waals surface area contributed by atoms with E-state index in [1.165, 1.54) is 0 Å². The van der Waals surface area contributed by atoms with Crippen LogP contribution in [0.4, 0.5) is 10.5 Å². The highest BCUT2D eigenvalue weighted by Gasteiger charge is 2.04. The third kappa shape index (κ3) is 4.61. The number of nitrogens with one attached hydrogen (secondary N) is 2. The fraction of sp³-hybridized carbons (Fsp3) is 0.333. The average Bonchev–Trinajstić information content (AvgIpc) is 2.84. The van der Waals surface area contributed by atoms with Crippen LogP contribution in [0.2, 0.25) is 0 Å². The Morgan fingerprint density at radius 1 is 1.48 bits per heavy atom. The average molecular weight is 287 g/mol. The second-order valence-electron chi connectivity index (χ2n) is 5.07. The van der Waals surface area contributed by atoms with Crippen molar-refractivity contribution in [1.82, 2.24) is 15.1 Å². The minimum Gasteiger partial charge on any atom is -0.338 e. The van der Waals surface area contributed by atoms with E-state index in [4.69, 9.17) is 5.73 Å². The molecule has 1 heterocycles. The van der Waals surface area contributed by atoms with Gasteiger partial charge in [-0.05, 0) is 36.6 Å². The highest BCUT2D eigenvalue weighted by Crippen LogP contribution is 2.15. The van der Waals surface area contributed by atoms with Gasteiger partial charge in [0.05, 0.1) is 6.20 Å². The predicted octanol–water partition coefficient (Wildman–Crippen LogP) is 1.80. The summed E-state index contributed by atoms with van der Waals surface area (Å²) in [7, 11) is 1.87. The maximum atomic E-state index is 11.8. The zero-order valence-electron chi connectivity index (χ0n) is 12.3. The molecule has 6 heteroatoms. The summed E-state index contributed by atoms with van der Waals surface area (Å²) in [6.45, 7) is 2.47. The van der Waals surface area contributed by atoms with Gasteiger partial charge >= 0.3 is 6.03 Å². The molecule has 0 aliphatic carbocycles. The van der Waals surface area contributed by atoms with E-state index >= 15 is 0 Å². The van der Waals surface area contributed by atoms with E-state index in [0.29, 0.717) is 6.54 Å². The standard InChI is InChI=1S/C15H21N5O/c1-11(16)13-4-3-5-14(8-13)19-15(21)17-7-6-12-9-18-20(2)10-12/h3-5,8-11H,6-7,16H2,1-2H3,(H2,17,19,21). The van der Waals surface area contributed by atoms with E-state index in [0.717, 1.165) is 23.2 Å². The van der Waals surface area contributed by atoms with Gasteiger partial charge in [-0.25, -0.2) is 4.79 Å². The van der Waals surface area contributed by atoms with Gasteiger partial charge in [0, 0.05) is 31.5 Å². The van der Waals surface area contributed by atoms with Crippen LogP contribution in [0.15, 0.2) is 36.7 Å². The molecule has 6 nitrogen and oxygen atoms in total. The molecule has 0 bridgehead atoms. The number of benzene rings is 1. The highest BCUT2D eigenvalue weighted by atomic mass is 16.2. The van der Waals surface area contributed by atoms with Crippen molar-refractivity contribution in [3.05, 3.63) is 47.8 Å². The molecule has 0 aliphatic rings. The first-order valence-corrected chi connectivity index (χ1v) is 6.92. The Hall–Kier alpha value is -2.34. The van der Waals surface area contributed by atoms with E-state index in [1.54, 1.807) is 10.9 Å². The fourth-order valence-corrected chi connectivity index (χ4v) is 2.00. The molecule has 4 N–H and O–H groups in total. The van der Waals surface area contributed by atoms with Crippen molar-refractivity contribution in [2.45, 2.75) is 19.4 Å². The smallest absolute Gasteiger partial charge is 0.319 e. The molecule has 1 atom stereocenters. The lowest BCUT2D eigenvalue weighted by Crippen LogP contribution is -2.30. The van der Waals surface area contributed by atoms with Crippen LogP contribution in [-0.2, 0) is 13.5 Å². The molecule has 0 saturated heterocycles. The quantitative estimate of drug-likeness (QED) is 0.784. The zero-order valence-corrected chi connectivity index (χ0v) is 12.3. The number of hydrogen-bond acceptors (Lipinski definition) is 3. The van der Waals surface area contributed by atoms with Crippen molar-refractivity contribution in [3.63, 3.8) is 0 Å². The van der Waals surface area contributed by atoms with Crippen LogP contribution in [0.5, 0.6) is 0 Å². The molecular formula is C15H21N5O. The van der Waals surface area contributed by atoms with E-state index in [1.807, 2.05) is 44.4 Å². The Kier molecular flexibility index (Phi) is 4.94. The van der Waals surface area contributed by atoms with E-state index in [2.05, 4.69) is 15.7 Å². The van der Waals surface area contributed by atoms with Gasteiger partial charge in [-0.3, -0.25) is 4.68 Å². The van der Waals surface area contributed by atoms with Crippen LogP contribution in [0.25, 0.3) is 0 Å². The molecule has 0 spiro atoms. The Morgan fingerprint density at radius 2 is 2.29 bits per heavy atom. The lowest BCUT2D eigenvalue weighted by Gasteiger charge is -2.10. The highest BCUT2D eigenvalue weighted by molar-refractivity contribution is 5.89. The van der Waals surface area contributed by atoms with E-state index < -0.39 is 0 Å². The minimum atomic E-state index is -0.222. The molecule has 0 saturated carbocycles. The van der Waals surface area contributed by atoms with E-state index in [-0.39, 0.29) is 12.1 Å². The number of rotatable bonds is 5. The third-order valence-electron chi connectivity index (χ3n) is 3.13. The van der Waals surface area contributed by atoms with Crippen molar-refractivity contribution in [1.29, 1.82) is 0 Å². The van der Waals surface area contributed by atoms with Crippen LogP contribution in [0.1, 0.15) is 24.1 Å². The van der Waals surface area contributed by atoms with Crippen LogP contribution >= 0.6 is 0 Å². The van der Waals surface area contributed by atoms with Gasteiger partial charge in [-0.1, -0.05) is 12.1 Å². The number of carbonyl (C=O) groups excluding carboxylic acids is 1. The minimum absolute atomic E-state index is 0.0552. The van der Waals surface area contributed by atoms with Crippen LogP contribution in [0, 0.1) is 0 Å². The summed E-state index contributed by atoms with van der Waals surface area (Å²) < 4.78 is 1.74. The molecule has 0 aliphatic heterocycles. The first-order chi connectivity index (χ1) is 10.0. The van der Waals surface area contributed by atoms with Gasteiger partial charge in [-0.15, -0.1) is 0 Å². The van der Waals surface area contributed by atoms with Gasteiger partial charge in [0.15, 0.2) is 0 Å². The van der Waals surface area contributed by atoms with Crippen LogP contribution in [-0.4, -0.2) is 22.4 Å². The molecule has 1 unspecified atom stereocenters. The first-order valence-electron chi connectivity index (χ1n) is 6.92. The molecule has 1 aromatic heterocycles. The molecule has 2 aromatic rings. The number of nitrogens with zero attached hydrogens (tertiary/aromatic N) is 2. The summed E-state index contributed by atoms with van der Waals surface area (Å²) >= 11 is 0. The van der Waals surface area contributed by atoms with Gasteiger partial charge in [0.1, 0.15) is 0 Å². The summed E-state index contributed by atoms with van der Waals surface area (Å²) in [5, 5.41) is 9.71. The number of anilines is 1. The molecule has 0 radical (unpaired) electrons. The van der Waals surface area contributed by atoms with Crippen LogP contribution < -0.4 is 16.4 Å². The largest absolute Gasteiger partial charge is 0.338 e. The summed E-state index contributed by atoms with van der Waals surface area (Å²) in [5.41, 5.74) is 8.65. The number of hydrogen-bond donors (Lipinski definition) is 3. The topological polar surface area (TPSA) is 85.0 Å². The van der Waals surface area contributed by atoms with Crippen molar-refractivity contribution in [3.8, 4) is 0 Å². The summed E-state index contributed by atoms with van der Waals surface area (Å²) in [4.78, 5) is 11.8. The number of urea groups is 1. The first kappa shape index (κ1) is 15.1. The van der Waals surface area contributed by atoms with Crippen molar-refractivity contribution < 1.29 is 4.79 Å². The second kappa shape index (κ2) is 6.90. The number of carbonyl (C=O) groups is 1. The molecule has 21 heavy (non-hydrogen) atoms. The normalized spacial score (nSPS) is 12.0. The Morgan fingerprint density at radius 3 is 2.95 bits per heavy atom. The Labute approximate surface area is 124 Å². The summed E-state index contributed by atoms with van der Waals surface area (Å²) in [6.07, 6.45) is 4.48. The third-order valence-corrected chi connectivity index (χ3v) is 3.13. The van der Waals surface area contributed by atoms with E-state index in [9.17, 15) is 4.79 Å². The maximum Gasteiger partial charge on any atom is 0.319 e. The van der Waals surface area contributed by atoms with Gasteiger partial charge < -0.3 is 16.4 Å². The molecule has 2 amide bonds. The van der Waals surface area contributed by atoms with Gasteiger partial charge in [0.25, 0.3) is 0 Å². The number of aromatic nitrogens is 2. The summed E-state index contributed by atoms with van der Waals surface area (Å²) in [5.74, 6) is 0.